The van der Waals surface area contributed by atoms with Crippen molar-refractivity contribution >= 4 is 28.7 Å². The predicted molar refractivity (Wildman–Crippen MR) is 122 cm³/mol. The summed E-state index contributed by atoms with van der Waals surface area (Å²) < 4.78 is 21.3. The molecule has 0 saturated heterocycles. The second-order valence-electron chi connectivity index (χ2n) is 7.16. The third kappa shape index (κ3) is 4.64. The van der Waals surface area contributed by atoms with E-state index in [0.717, 1.165) is 5.56 Å². The fraction of sp³-hybridized carbons (Fsp3) is 0.160. The Hall–Kier alpha value is -4.33. The average Bonchev–Trinajstić information content (AvgIpc) is 3.26. The Morgan fingerprint density at radius 1 is 0.909 bits per heavy atom. The highest BCUT2D eigenvalue weighted by Crippen LogP contribution is 2.30. The van der Waals surface area contributed by atoms with Gasteiger partial charge in [-0.25, -0.2) is 9.78 Å². The summed E-state index contributed by atoms with van der Waals surface area (Å²) >= 11 is 0. The van der Waals surface area contributed by atoms with Gasteiger partial charge in [0.25, 0.3) is 5.91 Å². The van der Waals surface area contributed by atoms with Crippen molar-refractivity contribution in [1.29, 1.82) is 0 Å². The van der Waals surface area contributed by atoms with Crippen LogP contribution >= 0.6 is 0 Å². The molecule has 8 nitrogen and oxygen atoms in total. The van der Waals surface area contributed by atoms with E-state index in [2.05, 4.69) is 10.3 Å². The van der Waals surface area contributed by atoms with Gasteiger partial charge in [-0.15, -0.1) is 0 Å². The molecule has 3 aromatic carbocycles. The summed E-state index contributed by atoms with van der Waals surface area (Å²) in [5.74, 6) is 0.416. The van der Waals surface area contributed by atoms with Gasteiger partial charge < -0.3 is 23.9 Å². The van der Waals surface area contributed by atoms with Crippen LogP contribution in [0.5, 0.6) is 11.5 Å². The number of fused-ring (bicyclic) bond motifs is 1. The van der Waals surface area contributed by atoms with Crippen LogP contribution in [0.15, 0.2) is 65.1 Å². The summed E-state index contributed by atoms with van der Waals surface area (Å²) in [4.78, 5) is 29.7. The molecule has 0 fully saturated rings. The van der Waals surface area contributed by atoms with Crippen molar-refractivity contribution in [3.05, 3.63) is 83.2 Å². The van der Waals surface area contributed by atoms with Crippen molar-refractivity contribution in [3.63, 3.8) is 0 Å². The van der Waals surface area contributed by atoms with Gasteiger partial charge in [0.15, 0.2) is 23.0 Å². The van der Waals surface area contributed by atoms with E-state index < -0.39 is 11.9 Å². The first-order valence-electron chi connectivity index (χ1n) is 10.1. The zero-order chi connectivity index (χ0) is 23.4. The molecular weight excluding hydrogens is 424 g/mol. The second-order valence-corrected chi connectivity index (χ2v) is 7.16. The normalized spacial score (nSPS) is 10.6. The Bertz CT molecular complexity index is 1310. The molecule has 1 amide bonds. The maximum absolute atomic E-state index is 13.0. The van der Waals surface area contributed by atoms with E-state index in [9.17, 15) is 9.59 Å². The van der Waals surface area contributed by atoms with Crippen molar-refractivity contribution in [3.8, 4) is 11.5 Å². The standard InChI is InChI=1S/C25H22N2O6/c1-30-20-10-9-16(14-21(20)31-2)24(28)27-19-13-17(25(29)32-3)12-18-23(19)33-22(26-18)11-15-7-5-4-6-8-15/h4-10,12-14H,11H2,1-3H3,(H,27,28). The van der Waals surface area contributed by atoms with Crippen LogP contribution in [0.4, 0.5) is 5.69 Å². The number of aromatic nitrogens is 1. The molecular formula is C25H22N2O6. The number of nitrogens with zero attached hydrogens (tertiary/aromatic N) is 1. The Balaban J connectivity index is 1.71. The molecule has 4 rings (SSSR count). The Kier molecular flexibility index (Phi) is 6.26. The number of hydrogen-bond donors (Lipinski definition) is 1. The first kappa shape index (κ1) is 21.9. The molecule has 0 aliphatic heterocycles. The van der Waals surface area contributed by atoms with Crippen LogP contribution in [0, 0.1) is 0 Å². The van der Waals surface area contributed by atoms with Gasteiger partial charge in [-0.05, 0) is 35.9 Å². The summed E-state index contributed by atoms with van der Waals surface area (Å²) in [6.07, 6.45) is 0.464. The molecule has 0 bridgehead atoms. The minimum atomic E-state index is -0.550. The van der Waals surface area contributed by atoms with Gasteiger partial charge in [-0.1, -0.05) is 30.3 Å². The fourth-order valence-electron chi connectivity index (χ4n) is 3.43. The van der Waals surface area contributed by atoms with Crippen molar-refractivity contribution in [1.82, 2.24) is 4.98 Å². The Morgan fingerprint density at radius 2 is 1.67 bits per heavy atom. The second kappa shape index (κ2) is 9.44. The van der Waals surface area contributed by atoms with Crippen molar-refractivity contribution < 1.29 is 28.2 Å². The van der Waals surface area contributed by atoms with Gasteiger partial charge in [-0.3, -0.25) is 4.79 Å². The quantitative estimate of drug-likeness (QED) is 0.418. The number of oxazole rings is 1. The molecule has 0 radical (unpaired) electrons. The van der Waals surface area contributed by atoms with Crippen molar-refractivity contribution in [2.75, 3.05) is 26.6 Å². The van der Waals surface area contributed by atoms with E-state index in [1.54, 1.807) is 24.3 Å². The maximum Gasteiger partial charge on any atom is 0.338 e. The third-order valence-corrected chi connectivity index (χ3v) is 5.05. The highest BCUT2D eigenvalue weighted by Gasteiger charge is 2.19. The van der Waals surface area contributed by atoms with Crippen LogP contribution in [0.3, 0.4) is 0 Å². The Labute approximate surface area is 190 Å². The lowest BCUT2D eigenvalue weighted by molar-refractivity contribution is 0.0600. The molecule has 0 saturated carbocycles. The van der Waals surface area contributed by atoms with Gasteiger partial charge in [0.2, 0.25) is 0 Å². The first-order valence-corrected chi connectivity index (χ1v) is 10.1. The van der Waals surface area contributed by atoms with Gasteiger partial charge in [-0.2, -0.15) is 0 Å². The van der Waals surface area contributed by atoms with Crippen LogP contribution < -0.4 is 14.8 Å². The number of anilines is 1. The van der Waals surface area contributed by atoms with Crippen LogP contribution in [0.2, 0.25) is 0 Å². The summed E-state index contributed by atoms with van der Waals surface area (Å²) in [5.41, 5.74) is 2.71. The van der Waals surface area contributed by atoms with Gasteiger partial charge in [0.05, 0.1) is 32.6 Å². The highest BCUT2D eigenvalue weighted by atomic mass is 16.5. The molecule has 0 unspecified atom stereocenters. The number of benzene rings is 3. The number of nitrogens with one attached hydrogen (secondary N) is 1. The lowest BCUT2D eigenvalue weighted by atomic mass is 10.1. The number of hydrogen-bond acceptors (Lipinski definition) is 7. The van der Waals surface area contributed by atoms with E-state index in [-0.39, 0.29) is 5.56 Å². The summed E-state index contributed by atoms with van der Waals surface area (Å²) in [6.45, 7) is 0. The largest absolute Gasteiger partial charge is 0.493 e. The maximum atomic E-state index is 13.0. The molecule has 1 aromatic heterocycles. The molecule has 0 aliphatic carbocycles. The Morgan fingerprint density at radius 3 is 2.36 bits per heavy atom. The number of ether oxygens (including phenoxy) is 3. The number of methoxy groups -OCH3 is 3. The molecule has 0 aliphatic rings. The molecule has 1 N–H and O–H groups in total. The number of rotatable bonds is 7. The number of amides is 1. The van der Waals surface area contributed by atoms with E-state index >= 15 is 0 Å². The van der Waals surface area contributed by atoms with E-state index in [4.69, 9.17) is 18.6 Å². The number of carbonyl (C=O) groups is 2. The third-order valence-electron chi connectivity index (χ3n) is 5.05. The van der Waals surface area contributed by atoms with Gasteiger partial charge >= 0.3 is 5.97 Å². The van der Waals surface area contributed by atoms with Gasteiger partial charge in [0.1, 0.15) is 5.52 Å². The van der Waals surface area contributed by atoms with E-state index in [1.165, 1.54) is 27.4 Å². The molecule has 0 atom stereocenters. The van der Waals surface area contributed by atoms with Crippen LogP contribution in [0.1, 0.15) is 32.2 Å². The topological polar surface area (TPSA) is 99.9 Å². The highest BCUT2D eigenvalue weighted by molar-refractivity contribution is 6.09. The number of esters is 1. The van der Waals surface area contributed by atoms with Crippen LogP contribution in [-0.2, 0) is 11.2 Å². The first-order chi connectivity index (χ1) is 16.0. The molecule has 33 heavy (non-hydrogen) atoms. The minimum Gasteiger partial charge on any atom is -0.493 e. The molecule has 1 heterocycles. The molecule has 8 heteroatoms. The smallest absolute Gasteiger partial charge is 0.338 e. The average molecular weight is 446 g/mol. The van der Waals surface area contributed by atoms with E-state index in [1.807, 2.05) is 30.3 Å². The molecule has 4 aromatic rings. The van der Waals surface area contributed by atoms with E-state index in [0.29, 0.717) is 46.2 Å². The summed E-state index contributed by atoms with van der Waals surface area (Å²) in [6, 6.07) is 17.6. The van der Waals surface area contributed by atoms with Gasteiger partial charge in [0, 0.05) is 12.0 Å². The van der Waals surface area contributed by atoms with Crippen molar-refractivity contribution in [2.45, 2.75) is 6.42 Å². The number of carbonyl (C=O) groups excluding carboxylic acids is 2. The van der Waals surface area contributed by atoms with Crippen molar-refractivity contribution in [2.24, 2.45) is 0 Å². The van der Waals surface area contributed by atoms with Crippen LogP contribution in [0.25, 0.3) is 11.1 Å². The zero-order valence-electron chi connectivity index (χ0n) is 18.4. The SMILES string of the molecule is COC(=O)c1cc(NC(=O)c2ccc(OC)c(OC)c2)c2oc(Cc3ccccc3)nc2c1. The predicted octanol–water partition coefficient (Wildman–Crippen LogP) is 4.47. The monoisotopic (exact) mass is 446 g/mol. The summed E-state index contributed by atoms with van der Waals surface area (Å²) in [7, 11) is 4.30. The lowest BCUT2D eigenvalue weighted by Crippen LogP contribution is -2.13. The zero-order valence-corrected chi connectivity index (χ0v) is 18.4. The summed E-state index contributed by atoms with van der Waals surface area (Å²) in [5, 5.41) is 2.81. The minimum absolute atomic E-state index is 0.243. The lowest BCUT2D eigenvalue weighted by Gasteiger charge is -2.11. The fourth-order valence-corrected chi connectivity index (χ4v) is 3.43. The molecule has 168 valence electrons. The molecule has 0 spiro atoms. The van der Waals surface area contributed by atoms with Crippen LogP contribution in [-0.4, -0.2) is 38.2 Å².